The summed E-state index contributed by atoms with van der Waals surface area (Å²) in [6.45, 7) is 2.95. The van der Waals surface area contributed by atoms with E-state index in [4.69, 9.17) is 9.29 Å². The molecule has 1 fully saturated rings. The van der Waals surface area contributed by atoms with Gasteiger partial charge in [0.05, 0.1) is 17.5 Å². The molecular weight excluding hydrogens is 270 g/mol. The summed E-state index contributed by atoms with van der Waals surface area (Å²) in [7, 11) is -4.03. The number of carbonyl (C=O) groups excluding carboxylic acids is 1. The Hall–Kier alpha value is -1.53. The highest BCUT2D eigenvalue weighted by molar-refractivity contribution is 7.85. The number of hydrogen-bond acceptors (Lipinski definition) is 5. The lowest BCUT2D eigenvalue weighted by atomic mass is 10.2. The van der Waals surface area contributed by atoms with E-state index in [0.717, 1.165) is 13.0 Å². The first-order chi connectivity index (χ1) is 8.95. The molecule has 19 heavy (non-hydrogen) atoms. The summed E-state index contributed by atoms with van der Waals surface area (Å²) in [5.41, 5.74) is 0.551. The average molecular weight is 285 g/mol. The predicted octanol–water partition coefficient (Wildman–Crippen LogP) is 1.35. The normalized spacial score (nSPS) is 18.1. The third kappa shape index (κ3) is 5.32. The van der Waals surface area contributed by atoms with E-state index in [-0.39, 0.29) is 10.9 Å². The van der Waals surface area contributed by atoms with Crippen molar-refractivity contribution in [3.63, 3.8) is 0 Å². The first-order valence-electron chi connectivity index (χ1n) is 5.63. The van der Waals surface area contributed by atoms with Crippen LogP contribution in [0.5, 0.6) is 0 Å². The van der Waals surface area contributed by atoms with Crippen LogP contribution in [-0.2, 0) is 19.6 Å². The molecule has 0 bridgehead atoms. The fraction of sp³-hybridized carbons (Fsp3) is 0.417. The lowest BCUT2D eigenvalue weighted by molar-refractivity contribution is 0.194. The minimum atomic E-state index is -4.03. The van der Waals surface area contributed by atoms with Gasteiger partial charge in [0.1, 0.15) is 0 Å². The van der Waals surface area contributed by atoms with Crippen molar-refractivity contribution in [1.29, 1.82) is 0 Å². The molecule has 1 aromatic carbocycles. The molecule has 104 valence electrons. The van der Waals surface area contributed by atoms with Crippen LogP contribution in [0.3, 0.4) is 0 Å². The van der Waals surface area contributed by atoms with Gasteiger partial charge in [0, 0.05) is 6.61 Å². The van der Waals surface area contributed by atoms with Gasteiger partial charge in [-0.3, -0.25) is 4.55 Å². The maximum absolute atomic E-state index is 10.6. The zero-order chi connectivity index (χ0) is 14.3. The number of aliphatic imine (C=N–C) groups is 1. The highest BCUT2D eigenvalue weighted by atomic mass is 32.2. The van der Waals surface area contributed by atoms with Crippen molar-refractivity contribution in [3.05, 3.63) is 29.8 Å². The second-order valence-corrected chi connectivity index (χ2v) is 5.37. The molecule has 0 unspecified atom stereocenters. The fourth-order valence-corrected chi connectivity index (χ4v) is 2.27. The molecule has 1 aliphatic rings. The SMILES string of the molecule is Cc1ccccc1S(=O)(=O)O.O=C=N[C@H]1CCOC1. The number of ether oxygens (including phenoxy) is 1. The smallest absolute Gasteiger partial charge is 0.294 e. The number of isocyanates is 1. The van der Waals surface area contributed by atoms with E-state index in [0.29, 0.717) is 12.2 Å². The summed E-state index contributed by atoms with van der Waals surface area (Å²) < 4.78 is 34.8. The molecule has 6 nitrogen and oxygen atoms in total. The molecular formula is C12H15NO5S. The van der Waals surface area contributed by atoms with Gasteiger partial charge >= 0.3 is 0 Å². The molecule has 0 amide bonds. The molecule has 1 aliphatic heterocycles. The Morgan fingerprint density at radius 1 is 1.42 bits per heavy atom. The van der Waals surface area contributed by atoms with Crippen molar-refractivity contribution in [2.24, 2.45) is 4.99 Å². The largest absolute Gasteiger partial charge is 0.379 e. The van der Waals surface area contributed by atoms with Crippen LogP contribution in [0, 0.1) is 6.92 Å². The standard InChI is InChI=1S/C7H8O3S.C5H7NO2/c1-6-4-2-3-5-7(6)11(8,9)10;7-4-6-5-1-2-8-3-5/h2-5H,1H3,(H,8,9,10);5H,1-3H2/t;5-/m.0/s1. The molecule has 1 heterocycles. The van der Waals surface area contributed by atoms with Gasteiger partial charge in [-0.15, -0.1) is 0 Å². The Balaban J connectivity index is 0.000000200. The monoisotopic (exact) mass is 285 g/mol. The van der Waals surface area contributed by atoms with Crippen molar-refractivity contribution < 1.29 is 22.5 Å². The van der Waals surface area contributed by atoms with Crippen molar-refractivity contribution in [1.82, 2.24) is 0 Å². The van der Waals surface area contributed by atoms with Gasteiger partial charge in [-0.2, -0.15) is 8.42 Å². The van der Waals surface area contributed by atoms with E-state index < -0.39 is 10.1 Å². The van der Waals surface area contributed by atoms with E-state index in [1.165, 1.54) is 12.1 Å². The maximum Gasteiger partial charge on any atom is 0.294 e. The van der Waals surface area contributed by atoms with Crippen LogP contribution in [0.4, 0.5) is 0 Å². The lowest BCUT2D eigenvalue weighted by Crippen LogP contribution is -2.00. The quantitative estimate of drug-likeness (QED) is 0.503. The van der Waals surface area contributed by atoms with E-state index in [2.05, 4.69) is 4.99 Å². The van der Waals surface area contributed by atoms with Gasteiger partial charge < -0.3 is 4.74 Å². The fourth-order valence-electron chi connectivity index (χ4n) is 1.54. The third-order valence-corrected chi connectivity index (χ3v) is 3.53. The van der Waals surface area contributed by atoms with Crippen LogP contribution >= 0.6 is 0 Å². The Bertz CT molecular complexity index is 557. The Morgan fingerprint density at radius 2 is 2.11 bits per heavy atom. The van der Waals surface area contributed by atoms with Gasteiger partial charge in [-0.1, -0.05) is 18.2 Å². The molecule has 0 spiro atoms. The molecule has 0 aromatic heterocycles. The summed E-state index contributed by atoms with van der Waals surface area (Å²) >= 11 is 0. The summed E-state index contributed by atoms with van der Waals surface area (Å²) in [6, 6.07) is 6.36. The highest BCUT2D eigenvalue weighted by Gasteiger charge is 2.13. The highest BCUT2D eigenvalue weighted by Crippen LogP contribution is 2.12. The second kappa shape index (κ2) is 7.16. The van der Waals surface area contributed by atoms with Crippen molar-refractivity contribution >= 4 is 16.2 Å². The first kappa shape index (κ1) is 15.5. The van der Waals surface area contributed by atoms with E-state index in [1.807, 2.05) is 0 Å². The molecule has 7 heteroatoms. The zero-order valence-corrected chi connectivity index (χ0v) is 11.3. The lowest BCUT2D eigenvalue weighted by Gasteiger charge is -1.99. The maximum atomic E-state index is 10.6. The average Bonchev–Trinajstić information content (AvgIpc) is 2.82. The topological polar surface area (TPSA) is 93.0 Å². The van der Waals surface area contributed by atoms with Gasteiger partial charge in [0.15, 0.2) is 0 Å². The van der Waals surface area contributed by atoms with Crippen molar-refractivity contribution in [3.8, 4) is 0 Å². The van der Waals surface area contributed by atoms with Crippen LogP contribution in [-0.4, -0.2) is 38.3 Å². The predicted molar refractivity (Wildman–Crippen MR) is 68.3 cm³/mol. The molecule has 0 radical (unpaired) electrons. The summed E-state index contributed by atoms with van der Waals surface area (Å²) in [5, 5.41) is 0. The van der Waals surface area contributed by atoms with Crippen molar-refractivity contribution in [2.45, 2.75) is 24.3 Å². The van der Waals surface area contributed by atoms with Gasteiger partial charge in [-0.25, -0.2) is 9.79 Å². The third-order valence-electron chi connectivity index (χ3n) is 2.51. The minimum Gasteiger partial charge on any atom is -0.379 e. The number of benzene rings is 1. The van der Waals surface area contributed by atoms with Crippen LogP contribution < -0.4 is 0 Å². The summed E-state index contributed by atoms with van der Waals surface area (Å²) in [4.78, 5) is 13.1. The number of hydrogen-bond donors (Lipinski definition) is 1. The number of aryl methyl sites for hydroxylation is 1. The van der Waals surface area contributed by atoms with E-state index >= 15 is 0 Å². The first-order valence-corrected chi connectivity index (χ1v) is 7.07. The summed E-state index contributed by atoms with van der Waals surface area (Å²) in [5.74, 6) is 0. The molecule has 1 saturated heterocycles. The minimum absolute atomic E-state index is 0.0278. The van der Waals surface area contributed by atoms with Gasteiger partial charge in [0.25, 0.3) is 10.1 Å². The molecule has 2 rings (SSSR count). The number of rotatable bonds is 2. The molecule has 0 saturated carbocycles. The van der Waals surface area contributed by atoms with Crippen LogP contribution in [0.15, 0.2) is 34.2 Å². The second-order valence-electron chi connectivity index (χ2n) is 3.98. The van der Waals surface area contributed by atoms with Crippen LogP contribution in [0.2, 0.25) is 0 Å². The molecule has 1 atom stereocenters. The van der Waals surface area contributed by atoms with Crippen LogP contribution in [0.25, 0.3) is 0 Å². The van der Waals surface area contributed by atoms with E-state index in [1.54, 1.807) is 25.1 Å². The zero-order valence-electron chi connectivity index (χ0n) is 10.4. The van der Waals surface area contributed by atoms with Crippen LogP contribution in [0.1, 0.15) is 12.0 Å². The Kier molecular flexibility index (Phi) is 5.85. The van der Waals surface area contributed by atoms with E-state index in [9.17, 15) is 13.2 Å². The Labute approximate surface area is 111 Å². The van der Waals surface area contributed by atoms with Crippen molar-refractivity contribution in [2.75, 3.05) is 13.2 Å². The number of nitrogens with zero attached hydrogens (tertiary/aromatic N) is 1. The van der Waals surface area contributed by atoms with Gasteiger partial charge in [0.2, 0.25) is 6.08 Å². The van der Waals surface area contributed by atoms with Gasteiger partial charge in [-0.05, 0) is 25.0 Å². The molecule has 0 aliphatic carbocycles. The molecule has 1 N–H and O–H groups in total. The molecule has 1 aromatic rings. The Morgan fingerprint density at radius 3 is 2.53 bits per heavy atom. The summed E-state index contributed by atoms with van der Waals surface area (Å²) in [6.07, 6.45) is 2.37.